The highest BCUT2D eigenvalue weighted by Gasteiger charge is 2.17. The maximum atomic E-state index is 13.2. The van der Waals surface area contributed by atoms with Gasteiger partial charge in [0.25, 0.3) is 0 Å². The van der Waals surface area contributed by atoms with Crippen LogP contribution in [0.2, 0.25) is 0 Å². The fraction of sp³-hybridized carbons (Fsp3) is 0.231. The second kappa shape index (κ2) is 6.43. The highest BCUT2D eigenvalue weighted by Crippen LogP contribution is 2.36. The molecule has 0 saturated carbocycles. The van der Waals surface area contributed by atoms with E-state index in [0.717, 1.165) is 19.2 Å². The van der Waals surface area contributed by atoms with E-state index in [0.29, 0.717) is 12.0 Å². The zero-order chi connectivity index (χ0) is 14.0. The summed E-state index contributed by atoms with van der Waals surface area (Å²) < 4.78 is 28.4. The van der Waals surface area contributed by atoms with Crippen molar-refractivity contribution in [1.29, 1.82) is 0 Å². The van der Waals surface area contributed by atoms with Crippen LogP contribution in [0.5, 0.6) is 0 Å². The van der Waals surface area contributed by atoms with Gasteiger partial charge in [0.05, 0.1) is 7.57 Å². The van der Waals surface area contributed by atoms with Crippen molar-refractivity contribution in [3.8, 4) is 0 Å². The summed E-state index contributed by atoms with van der Waals surface area (Å²) in [5, 5.41) is 3.17. The van der Waals surface area contributed by atoms with E-state index in [1.807, 2.05) is 13.1 Å². The predicted molar refractivity (Wildman–Crippen MR) is 81.6 cm³/mol. The molecule has 0 spiro atoms. The summed E-state index contributed by atoms with van der Waals surface area (Å²) in [6.45, 7) is 0. The van der Waals surface area contributed by atoms with Crippen LogP contribution in [0.15, 0.2) is 31.8 Å². The molecule has 0 saturated heterocycles. The molecule has 0 fully saturated rings. The Morgan fingerprint density at radius 2 is 1.79 bits per heavy atom. The molecule has 0 aliphatic heterocycles. The fourth-order valence-corrected chi connectivity index (χ4v) is 4.90. The van der Waals surface area contributed by atoms with E-state index in [1.54, 1.807) is 11.3 Å². The van der Waals surface area contributed by atoms with Gasteiger partial charge < -0.3 is 5.32 Å². The molecule has 6 heteroatoms. The van der Waals surface area contributed by atoms with Gasteiger partial charge in [0.15, 0.2) is 0 Å². The van der Waals surface area contributed by atoms with Crippen LogP contribution in [0.4, 0.5) is 8.78 Å². The van der Waals surface area contributed by atoms with Crippen LogP contribution in [-0.4, -0.2) is 7.05 Å². The Kier molecular flexibility index (Phi) is 5.11. The molecule has 1 nitrogen and oxygen atoms in total. The molecule has 1 aromatic heterocycles. The standard InChI is InChI=1S/C13H11Br2F2NS/c1-18-11(10-6-12(14)19-13(10)15)4-7-2-8(16)5-9(17)3-7/h2-3,5-6,11,18H,4H2,1H3. The van der Waals surface area contributed by atoms with E-state index in [4.69, 9.17) is 0 Å². The molecule has 102 valence electrons. The minimum Gasteiger partial charge on any atom is -0.313 e. The Labute approximate surface area is 131 Å². The summed E-state index contributed by atoms with van der Waals surface area (Å²) in [5.74, 6) is -1.09. The molecule has 2 aromatic rings. The molecule has 0 bridgehead atoms. The normalized spacial score (nSPS) is 12.7. The van der Waals surface area contributed by atoms with Gasteiger partial charge in [-0.3, -0.25) is 0 Å². The predicted octanol–water partition coefficient (Wildman–Crippen LogP) is 5.05. The Morgan fingerprint density at radius 3 is 2.26 bits per heavy atom. The van der Waals surface area contributed by atoms with Gasteiger partial charge in [-0.15, -0.1) is 11.3 Å². The maximum Gasteiger partial charge on any atom is 0.126 e. The molecule has 0 aliphatic carbocycles. The van der Waals surface area contributed by atoms with Gasteiger partial charge in [-0.1, -0.05) is 0 Å². The molecular formula is C13H11Br2F2NS. The molecule has 1 aromatic carbocycles. The Morgan fingerprint density at radius 1 is 1.16 bits per heavy atom. The van der Waals surface area contributed by atoms with E-state index in [1.165, 1.54) is 12.1 Å². The molecule has 0 aliphatic rings. The van der Waals surface area contributed by atoms with E-state index in [9.17, 15) is 8.78 Å². The molecular weight excluding hydrogens is 400 g/mol. The number of thiophene rings is 1. The highest BCUT2D eigenvalue weighted by atomic mass is 79.9. The third-order valence-corrected chi connectivity index (χ3v) is 5.15. The second-order valence-electron chi connectivity index (χ2n) is 4.10. The monoisotopic (exact) mass is 409 g/mol. The quantitative estimate of drug-likeness (QED) is 0.743. The molecule has 1 unspecified atom stereocenters. The van der Waals surface area contributed by atoms with E-state index in [2.05, 4.69) is 37.2 Å². The second-order valence-corrected chi connectivity index (χ2v) is 7.85. The van der Waals surface area contributed by atoms with Crippen molar-refractivity contribution in [2.75, 3.05) is 7.05 Å². The minimum atomic E-state index is -0.546. The molecule has 1 N–H and O–H groups in total. The number of hydrogen-bond acceptors (Lipinski definition) is 2. The summed E-state index contributed by atoms with van der Waals surface area (Å²) >= 11 is 8.51. The SMILES string of the molecule is CNC(Cc1cc(F)cc(F)c1)c1cc(Br)sc1Br. The molecule has 0 amide bonds. The van der Waals surface area contributed by atoms with Gasteiger partial charge in [-0.05, 0) is 74.7 Å². The number of nitrogens with one attached hydrogen (secondary N) is 1. The lowest BCUT2D eigenvalue weighted by Gasteiger charge is -2.16. The lowest BCUT2D eigenvalue weighted by Crippen LogP contribution is -2.18. The van der Waals surface area contributed by atoms with E-state index < -0.39 is 11.6 Å². The van der Waals surface area contributed by atoms with Gasteiger partial charge in [0.1, 0.15) is 11.6 Å². The fourth-order valence-electron chi connectivity index (χ4n) is 1.92. The van der Waals surface area contributed by atoms with Gasteiger partial charge in [0, 0.05) is 12.1 Å². The third-order valence-electron chi connectivity index (χ3n) is 2.77. The topological polar surface area (TPSA) is 12.0 Å². The van der Waals surface area contributed by atoms with Gasteiger partial charge in [0.2, 0.25) is 0 Å². The summed E-state index contributed by atoms with van der Waals surface area (Å²) in [6, 6.07) is 5.62. The van der Waals surface area contributed by atoms with E-state index >= 15 is 0 Å². The zero-order valence-corrected chi connectivity index (χ0v) is 14.0. The van der Waals surface area contributed by atoms with E-state index in [-0.39, 0.29) is 6.04 Å². The number of benzene rings is 1. The highest BCUT2D eigenvalue weighted by molar-refractivity contribution is 9.12. The summed E-state index contributed by atoms with van der Waals surface area (Å²) in [4.78, 5) is 0. The van der Waals surface area contributed by atoms with Crippen molar-refractivity contribution < 1.29 is 8.78 Å². The first kappa shape index (κ1) is 15.1. The van der Waals surface area contributed by atoms with Crippen molar-refractivity contribution >= 4 is 43.2 Å². The molecule has 1 atom stereocenters. The number of hydrogen-bond donors (Lipinski definition) is 1. The van der Waals surface area contributed by atoms with Crippen LogP contribution in [0, 0.1) is 11.6 Å². The first-order valence-electron chi connectivity index (χ1n) is 5.56. The first-order valence-corrected chi connectivity index (χ1v) is 7.97. The van der Waals surface area contributed by atoms with Crippen LogP contribution in [0.25, 0.3) is 0 Å². The smallest absolute Gasteiger partial charge is 0.126 e. The van der Waals surface area contributed by atoms with Crippen LogP contribution in [-0.2, 0) is 6.42 Å². The van der Waals surface area contributed by atoms with Crippen LogP contribution in [0.3, 0.4) is 0 Å². The van der Waals surface area contributed by atoms with Crippen LogP contribution < -0.4 is 5.32 Å². The number of halogens is 4. The first-order chi connectivity index (χ1) is 8.99. The van der Waals surface area contributed by atoms with Crippen molar-refractivity contribution in [3.63, 3.8) is 0 Å². The van der Waals surface area contributed by atoms with Crippen molar-refractivity contribution in [2.45, 2.75) is 12.5 Å². The number of rotatable bonds is 4. The van der Waals surface area contributed by atoms with Crippen LogP contribution >= 0.6 is 43.2 Å². The lowest BCUT2D eigenvalue weighted by molar-refractivity contribution is 0.562. The largest absolute Gasteiger partial charge is 0.313 e. The number of likely N-dealkylation sites (N-methyl/N-ethyl adjacent to an activating group) is 1. The molecule has 19 heavy (non-hydrogen) atoms. The third kappa shape index (κ3) is 3.84. The van der Waals surface area contributed by atoms with Gasteiger partial charge in [-0.25, -0.2) is 8.78 Å². The minimum absolute atomic E-state index is 0.00174. The van der Waals surface area contributed by atoms with Gasteiger partial charge >= 0.3 is 0 Å². The summed E-state index contributed by atoms with van der Waals surface area (Å²) in [5.41, 5.74) is 1.70. The summed E-state index contributed by atoms with van der Waals surface area (Å²) in [6.07, 6.45) is 0.521. The van der Waals surface area contributed by atoms with Crippen molar-refractivity contribution in [2.24, 2.45) is 0 Å². The van der Waals surface area contributed by atoms with Crippen molar-refractivity contribution in [3.05, 3.63) is 54.6 Å². The lowest BCUT2D eigenvalue weighted by atomic mass is 10.0. The molecule has 2 rings (SSSR count). The Bertz CT molecular complexity index is 566. The Hall–Kier alpha value is -0.300. The average molecular weight is 411 g/mol. The average Bonchev–Trinajstić information content (AvgIpc) is 2.64. The summed E-state index contributed by atoms with van der Waals surface area (Å²) in [7, 11) is 1.83. The Balaban J connectivity index is 2.26. The molecule has 1 heterocycles. The van der Waals surface area contributed by atoms with Crippen molar-refractivity contribution in [1.82, 2.24) is 5.32 Å². The molecule has 0 radical (unpaired) electrons. The van der Waals surface area contributed by atoms with Gasteiger partial charge in [-0.2, -0.15) is 0 Å². The maximum absolute atomic E-state index is 13.2. The zero-order valence-electron chi connectivity index (χ0n) is 10.0. The van der Waals surface area contributed by atoms with Crippen LogP contribution in [0.1, 0.15) is 17.2 Å².